The molecule has 0 aliphatic carbocycles. The molecule has 0 saturated heterocycles. The van der Waals surface area contributed by atoms with Gasteiger partial charge < -0.3 is 10.6 Å². The number of amides is 1. The molecule has 0 aliphatic rings. The summed E-state index contributed by atoms with van der Waals surface area (Å²) in [5.74, 6) is -0.0376. The molecule has 2 aromatic carbocycles. The Bertz CT molecular complexity index is 640. The number of hydrogen-bond acceptors (Lipinski definition) is 2. The Kier molecular flexibility index (Phi) is 5.61. The van der Waals surface area contributed by atoms with Gasteiger partial charge in [-0.2, -0.15) is 0 Å². The van der Waals surface area contributed by atoms with Crippen LogP contribution in [0.5, 0.6) is 0 Å². The first-order valence-corrected chi connectivity index (χ1v) is 8.06. The van der Waals surface area contributed by atoms with Crippen LogP contribution in [0.1, 0.15) is 18.1 Å². The zero-order valence-electron chi connectivity index (χ0n) is 12.2. The van der Waals surface area contributed by atoms with Crippen LogP contribution < -0.4 is 10.6 Å². The molecule has 0 atom stereocenters. The van der Waals surface area contributed by atoms with Crippen molar-refractivity contribution in [1.82, 2.24) is 0 Å². The molecule has 2 N–H and O–H groups in total. The second-order valence-corrected chi connectivity index (χ2v) is 6.01. The Balaban J connectivity index is 2.01. The van der Waals surface area contributed by atoms with Gasteiger partial charge in [-0.05, 0) is 59.2 Å². The highest BCUT2D eigenvalue weighted by molar-refractivity contribution is 14.1. The topological polar surface area (TPSA) is 41.1 Å². The standard InChI is InChI=1S/C17H19IN2O/c1-3-13-8-6-7-12(2)17(13)19-11-16(21)20-15-10-5-4-9-14(15)18/h4-10,19H,3,11H2,1-2H3,(H,20,21). The van der Waals surface area contributed by atoms with Gasteiger partial charge in [0, 0.05) is 9.26 Å². The number of nitrogens with one attached hydrogen (secondary N) is 2. The summed E-state index contributed by atoms with van der Waals surface area (Å²) in [6.07, 6.45) is 0.947. The van der Waals surface area contributed by atoms with Crippen LogP contribution in [0, 0.1) is 10.5 Å². The number of halogens is 1. The number of rotatable bonds is 5. The first-order valence-electron chi connectivity index (χ1n) is 6.98. The highest BCUT2D eigenvalue weighted by Gasteiger charge is 2.08. The van der Waals surface area contributed by atoms with E-state index in [4.69, 9.17) is 0 Å². The van der Waals surface area contributed by atoms with Crippen LogP contribution in [0.2, 0.25) is 0 Å². The minimum Gasteiger partial charge on any atom is -0.376 e. The van der Waals surface area contributed by atoms with Crippen molar-refractivity contribution in [3.8, 4) is 0 Å². The van der Waals surface area contributed by atoms with Gasteiger partial charge in [0.25, 0.3) is 0 Å². The first-order chi connectivity index (χ1) is 10.1. The van der Waals surface area contributed by atoms with Gasteiger partial charge in [0.2, 0.25) is 5.91 Å². The van der Waals surface area contributed by atoms with Gasteiger partial charge in [-0.15, -0.1) is 0 Å². The summed E-state index contributed by atoms with van der Waals surface area (Å²) < 4.78 is 1.04. The molecular formula is C17H19IN2O. The monoisotopic (exact) mass is 394 g/mol. The van der Waals surface area contributed by atoms with E-state index < -0.39 is 0 Å². The Morgan fingerprint density at radius 2 is 1.90 bits per heavy atom. The predicted molar refractivity (Wildman–Crippen MR) is 96.8 cm³/mol. The molecule has 0 aromatic heterocycles. The summed E-state index contributed by atoms with van der Waals surface area (Å²) >= 11 is 2.22. The van der Waals surface area contributed by atoms with Gasteiger partial charge in [0.15, 0.2) is 0 Å². The van der Waals surface area contributed by atoms with E-state index >= 15 is 0 Å². The predicted octanol–water partition coefficient (Wildman–Crippen LogP) is 4.21. The highest BCUT2D eigenvalue weighted by Crippen LogP contribution is 2.21. The zero-order valence-corrected chi connectivity index (χ0v) is 14.4. The molecule has 2 aromatic rings. The molecule has 0 spiro atoms. The second kappa shape index (κ2) is 7.45. The maximum atomic E-state index is 12.1. The van der Waals surface area contributed by atoms with E-state index in [1.54, 1.807) is 0 Å². The lowest BCUT2D eigenvalue weighted by Crippen LogP contribution is -2.23. The largest absolute Gasteiger partial charge is 0.376 e. The first kappa shape index (κ1) is 15.8. The van der Waals surface area contributed by atoms with Crippen LogP contribution in [-0.4, -0.2) is 12.5 Å². The summed E-state index contributed by atoms with van der Waals surface area (Å²) in [6.45, 7) is 4.44. The van der Waals surface area contributed by atoms with Gasteiger partial charge >= 0.3 is 0 Å². The quantitative estimate of drug-likeness (QED) is 0.746. The van der Waals surface area contributed by atoms with E-state index in [9.17, 15) is 4.79 Å². The Labute approximate surface area is 139 Å². The van der Waals surface area contributed by atoms with Crippen LogP contribution in [0.25, 0.3) is 0 Å². The average molecular weight is 394 g/mol. The maximum absolute atomic E-state index is 12.1. The van der Waals surface area contributed by atoms with E-state index in [-0.39, 0.29) is 12.5 Å². The molecule has 2 rings (SSSR count). The minimum absolute atomic E-state index is 0.0376. The number of aryl methyl sites for hydroxylation is 2. The van der Waals surface area contributed by atoms with E-state index in [0.717, 1.165) is 26.9 Å². The Hall–Kier alpha value is -1.56. The molecule has 3 nitrogen and oxygen atoms in total. The molecule has 0 bridgehead atoms. The molecule has 0 heterocycles. The average Bonchev–Trinajstić information content (AvgIpc) is 2.48. The van der Waals surface area contributed by atoms with Crippen LogP contribution >= 0.6 is 22.6 Å². The van der Waals surface area contributed by atoms with E-state index in [1.165, 1.54) is 5.56 Å². The fourth-order valence-electron chi connectivity index (χ4n) is 2.20. The van der Waals surface area contributed by atoms with Gasteiger partial charge in [-0.1, -0.05) is 37.3 Å². The summed E-state index contributed by atoms with van der Waals surface area (Å²) in [6, 6.07) is 13.9. The summed E-state index contributed by atoms with van der Waals surface area (Å²) in [5.41, 5.74) is 4.32. The fourth-order valence-corrected chi connectivity index (χ4v) is 2.72. The number of hydrogen-bond donors (Lipinski definition) is 2. The van der Waals surface area contributed by atoms with Crippen LogP contribution in [-0.2, 0) is 11.2 Å². The third kappa shape index (κ3) is 4.20. The third-order valence-corrected chi connectivity index (χ3v) is 4.25. The lowest BCUT2D eigenvalue weighted by atomic mass is 10.1. The number of anilines is 2. The van der Waals surface area contributed by atoms with Crippen molar-refractivity contribution in [3.63, 3.8) is 0 Å². The van der Waals surface area contributed by atoms with E-state index in [0.29, 0.717) is 0 Å². The fraction of sp³-hybridized carbons (Fsp3) is 0.235. The molecular weight excluding hydrogens is 375 g/mol. The smallest absolute Gasteiger partial charge is 0.243 e. The zero-order chi connectivity index (χ0) is 15.2. The third-order valence-electron chi connectivity index (χ3n) is 3.31. The normalized spacial score (nSPS) is 10.2. The van der Waals surface area contributed by atoms with Gasteiger partial charge in [-0.3, -0.25) is 4.79 Å². The number of benzene rings is 2. The van der Waals surface area contributed by atoms with Crippen molar-refractivity contribution in [1.29, 1.82) is 0 Å². The van der Waals surface area contributed by atoms with Crippen molar-refractivity contribution in [2.45, 2.75) is 20.3 Å². The van der Waals surface area contributed by atoms with E-state index in [2.05, 4.69) is 59.2 Å². The molecule has 0 fully saturated rings. The molecule has 21 heavy (non-hydrogen) atoms. The highest BCUT2D eigenvalue weighted by atomic mass is 127. The molecule has 110 valence electrons. The van der Waals surface area contributed by atoms with E-state index in [1.807, 2.05) is 30.3 Å². The van der Waals surface area contributed by atoms with Crippen molar-refractivity contribution in [2.75, 3.05) is 17.2 Å². The Morgan fingerprint density at radius 1 is 1.14 bits per heavy atom. The molecule has 1 amide bonds. The van der Waals surface area contributed by atoms with Crippen molar-refractivity contribution < 1.29 is 4.79 Å². The molecule has 4 heteroatoms. The number of carbonyl (C=O) groups is 1. The van der Waals surface area contributed by atoms with Gasteiger partial charge in [0.05, 0.1) is 12.2 Å². The SMILES string of the molecule is CCc1cccc(C)c1NCC(=O)Nc1ccccc1I. The maximum Gasteiger partial charge on any atom is 0.243 e. The minimum atomic E-state index is -0.0376. The number of para-hydroxylation sites is 2. The van der Waals surface area contributed by atoms with Gasteiger partial charge in [0.1, 0.15) is 0 Å². The van der Waals surface area contributed by atoms with Crippen molar-refractivity contribution >= 4 is 39.9 Å². The van der Waals surface area contributed by atoms with Crippen LogP contribution in [0.15, 0.2) is 42.5 Å². The second-order valence-electron chi connectivity index (χ2n) is 4.84. The van der Waals surface area contributed by atoms with Crippen molar-refractivity contribution in [2.24, 2.45) is 0 Å². The number of carbonyl (C=O) groups excluding carboxylic acids is 1. The van der Waals surface area contributed by atoms with Crippen LogP contribution in [0.4, 0.5) is 11.4 Å². The van der Waals surface area contributed by atoms with Gasteiger partial charge in [-0.25, -0.2) is 0 Å². The molecule has 0 radical (unpaired) electrons. The lowest BCUT2D eigenvalue weighted by molar-refractivity contribution is -0.114. The lowest BCUT2D eigenvalue weighted by Gasteiger charge is -2.14. The molecule has 0 saturated carbocycles. The van der Waals surface area contributed by atoms with Crippen LogP contribution in [0.3, 0.4) is 0 Å². The summed E-state index contributed by atoms with van der Waals surface area (Å²) in [7, 11) is 0. The Morgan fingerprint density at radius 3 is 2.62 bits per heavy atom. The molecule has 0 aliphatic heterocycles. The van der Waals surface area contributed by atoms with Crippen molar-refractivity contribution in [3.05, 3.63) is 57.2 Å². The summed E-state index contributed by atoms with van der Waals surface area (Å²) in [4.78, 5) is 12.1. The molecule has 0 unspecified atom stereocenters. The summed E-state index contributed by atoms with van der Waals surface area (Å²) in [5, 5.41) is 6.19.